The number of nitrogens with zero attached hydrogens (tertiary/aromatic N) is 2. The van der Waals surface area contributed by atoms with Crippen LogP contribution in [0.5, 0.6) is 0 Å². The third-order valence-electron chi connectivity index (χ3n) is 2.59. The molecule has 2 rings (SSSR count). The molecule has 2 aromatic rings. The lowest BCUT2D eigenvalue weighted by atomic mass is 10.1. The number of hydrazone groups is 1. The monoisotopic (exact) mass is 383 g/mol. The lowest BCUT2D eigenvalue weighted by Gasteiger charge is -2.08. The maximum Gasteiger partial charge on any atom is 0.324 e. The molecule has 1 amide bonds. The van der Waals surface area contributed by atoms with Crippen LogP contribution < -0.4 is 5.43 Å². The van der Waals surface area contributed by atoms with Gasteiger partial charge in [-0.25, -0.2) is 5.43 Å². The van der Waals surface area contributed by atoms with Crippen molar-refractivity contribution in [3.05, 3.63) is 61.4 Å². The molecule has 0 bridgehead atoms. The van der Waals surface area contributed by atoms with Gasteiger partial charge in [-0.2, -0.15) is 5.10 Å². The highest BCUT2D eigenvalue weighted by Crippen LogP contribution is 2.22. The van der Waals surface area contributed by atoms with Crippen LogP contribution in [0.1, 0.15) is 16.5 Å². The van der Waals surface area contributed by atoms with E-state index in [9.17, 15) is 20.0 Å². The molecule has 114 valence electrons. The van der Waals surface area contributed by atoms with Crippen molar-refractivity contribution in [2.45, 2.75) is 6.10 Å². The number of halogens is 1. The van der Waals surface area contributed by atoms with Crippen LogP contribution in [-0.4, -0.2) is 22.2 Å². The molecule has 0 spiro atoms. The summed E-state index contributed by atoms with van der Waals surface area (Å²) >= 11 is 4.19. The number of amides is 1. The molecule has 22 heavy (non-hydrogen) atoms. The fourth-order valence-corrected chi connectivity index (χ4v) is 2.48. The van der Waals surface area contributed by atoms with Gasteiger partial charge < -0.3 is 5.11 Å². The first kappa shape index (κ1) is 16.3. The number of nitro groups is 1. The Morgan fingerprint density at radius 3 is 2.64 bits per heavy atom. The van der Waals surface area contributed by atoms with E-state index in [0.29, 0.717) is 10.4 Å². The smallest absolute Gasteiger partial charge is 0.324 e. The van der Waals surface area contributed by atoms with Crippen LogP contribution in [0.3, 0.4) is 0 Å². The molecule has 1 aromatic heterocycles. The van der Waals surface area contributed by atoms with E-state index >= 15 is 0 Å². The number of hydrogen-bond acceptors (Lipinski definition) is 6. The summed E-state index contributed by atoms with van der Waals surface area (Å²) < 4.78 is 0.834. The first-order chi connectivity index (χ1) is 10.5. The largest absolute Gasteiger partial charge is 0.378 e. The van der Waals surface area contributed by atoms with Gasteiger partial charge in [-0.1, -0.05) is 39.4 Å². The standard InChI is InChI=1S/C13H10BrN3O4S/c14-9-3-1-8(2-4-9)12(18)13(19)16-15-7-10-5-6-11(22-10)17(20)21/h1-7,12,18H,(H,16,19)/b15-7+. The zero-order chi connectivity index (χ0) is 16.1. The van der Waals surface area contributed by atoms with Crippen LogP contribution in [0.25, 0.3) is 0 Å². The van der Waals surface area contributed by atoms with Gasteiger partial charge in [0.25, 0.3) is 5.91 Å². The molecule has 2 N–H and O–H groups in total. The SMILES string of the molecule is O=C(N/N=C/c1ccc([N+](=O)[O-])s1)C(O)c1ccc(Br)cc1. The number of carbonyl (C=O) groups is 1. The van der Waals surface area contributed by atoms with E-state index in [0.717, 1.165) is 15.8 Å². The number of aliphatic hydroxyl groups excluding tert-OH is 1. The zero-order valence-electron chi connectivity index (χ0n) is 11.0. The number of aliphatic hydroxyl groups is 1. The van der Waals surface area contributed by atoms with E-state index in [-0.39, 0.29) is 5.00 Å². The molecule has 9 heteroatoms. The highest BCUT2D eigenvalue weighted by molar-refractivity contribution is 9.10. The number of nitrogens with one attached hydrogen (secondary N) is 1. The van der Waals surface area contributed by atoms with E-state index < -0.39 is 16.9 Å². The Hall–Kier alpha value is -2.10. The molecule has 1 aromatic carbocycles. The van der Waals surface area contributed by atoms with E-state index in [1.165, 1.54) is 18.3 Å². The number of benzene rings is 1. The molecule has 0 radical (unpaired) electrons. The van der Waals surface area contributed by atoms with E-state index in [2.05, 4.69) is 26.5 Å². The fourth-order valence-electron chi connectivity index (χ4n) is 1.53. The summed E-state index contributed by atoms with van der Waals surface area (Å²) in [5.74, 6) is -0.690. The summed E-state index contributed by atoms with van der Waals surface area (Å²) in [6.45, 7) is 0. The van der Waals surface area contributed by atoms with Gasteiger partial charge >= 0.3 is 5.00 Å². The van der Waals surface area contributed by atoms with Crippen LogP contribution in [-0.2, 0) is 4.79 Å². The van der Waals surface area contributed by atoms with Gasteiger partial charge in [0.15, 0.2) is 6.10 Å². The van der Waals surface area contributed by atoms with Crippen molar-refractivity contribution in [2.75, 3.05) is 0 Å². The molecule has 1 atom stereocenters. The second-order valence-corrected chi connectivity index (χ2v) is 6.13. The Bertz CT molecular complexity index is 714. The Balaban J connectivity index is 1.95. The van der Waals surface area contributed by atoms with Gasteiger partial charge in [-0.3, -0.25) is 14.9 Å². The zero-order valence-corrected chi connectivity index (χ0v) is 13.4. The molecular formula is C13H10BrN3O4S. The minimum absolute atomic E-state index is 0.0114. The Kier molecular flexibility index (Phi) is 5.36. The van der Waals surface area contributed by atoms with Crippen LogP contribution in [0.15, 0.2) is 46.0 Å². The molecular weight excluding hydrogens is 374 g/mol. The van der Waals surface area contributed by atoms with Gasteiger partial charge in [0.1, 0.15) is 0 Å². The second kappa shape index (κ2) is 7.25. The molecule has 0 fully saturated rings. The molecule has 0 saturated heterocycles. The van der Waals surface area contributed by atoms with Crippen LogP contribution >= 0.6 is 27.3 Å². The van der Waals surface area contributed by atoms with E-state index in [1.807, 2.05) is 0 Å². The summed E-state index contributed by atoms with van der Waals surface area (Å²) in [6, 6.07) is 9.51. The Labute approximate surface area is 137 Å². The van der Waals surface area contributed by atoms with Gasteiger partial charge in [0.05, 0.1) is 16.0 Å². The normalized spacial score (nSPS) is 12.3. The van der Waals surface area contributed by atoms with Crippen molar-refractivity contribution >= 4 is 44.4 Å². The molecule has 0 aliphatic heterocycles. The van der Waals surface area contributed by atoms with Crippen molar-refractivity contribution < 1.29 is 14.8 Å². The lowest BCUT2D eigenvalue weighted by molar-refractivity contribution is -0.380. The topological polar surface area (TPSA) is 105 Å². The van der Waals surface area contributed by atoms with Gasteiger partial charge in [0.2, 0.25) is 0 Å². The maximum absolute atomic E-state index is 11.7. The quantitative estimate of drug-likeness (QED) is 0.470. The predicted molar refractivity (Wildman–Crippen MR) is 85.8 cm³/mol. The van der Waals surface area contributed by atoms with Crippen LogP contribution in [0.4, 0.5) is 5.00 Å². The van der Waals surface area contributed by atoms with Crippen molar-refractivity contribution in [1.82, 2.24) is 5.43 Å². The number of rotatable bonds is 5. The van der Waals surface area contributed by atoms with E-state index in [1.54, 1.807) is 24.3 Å². The molecule has 1 heterocycles. The summed E-state index contributed by atoms with van der Waals surface area (Å²) in [4.78, 5) is 22.3. The fraction of sp³-hybridized carbons (Fsp3) is 0.0769. The summed E-state index contributed by atoms with van der Waals surface area (Å²) in [5.41, 5.74) is 2.62. The first-order valence-corrected chi connectivity index (χ1v) is 7.59. The third-order valence-corrected chi connectivity index (χ3v) is 4.09. The maximum atomic E-state index is 11.7. The van der Waals surface area contributed by atoms with Gasteiger partial charge in [-0.15, -0.1) is 0 Å². The lowest BCUT2D eigenvalue weighted by Crippen LogP contribution is -2.25. The molecule has 0 aliphatic carbocycles. The third kappa shape index (κ3) is 4.20. The van der Waals surface area contributed by atoms with Crippen molar-refractivity contribution in [3.8, 4) is 0 Å². The van der Waals surface area contributed by atoms with Crippen molar-refractivity contribution in [2.24, 2.45) is 5.10 Å². The molecule has 0 saturated carbocycles. The minimum atomic E-state index is -1.34. The highest BCUT2D eigenvalue weighted by Gasteiger charge is 2.16. The number of carbonyl (C=O) groups excluding carboxylic acids is 1. The first-order valence-electron chi connectivity index (χ1n) is 5.98. The molecule has 0 aliphatic rings. The predicted octanol–water partition coefficient (Wildman–Crippen LogP) is 2.60. The minimum Gasteiger partial charge on any atom is -0.378 e. The molecule has 1 unspecified atom stereocenters. The second-order valence-electron chi connectivity index (χ2n) is 4.12. The Morgan fingerprint density at radius 1 is 1.36 bits per heavy atom. The van der Waals surface area contributed by atoms with E-state index in [4.69, 9.17) is 0 Å². The highest BCUT2D eigenvalue weighted by atomic mass is 79.9. The average molecular weight is 384 g/mol. The summed E-state index contributed by atoms with van der Waals surface area (Å²) in [7, 11) is 0. The summed E-state index contributed by atoms with van der Waals surface area (Å²) in [5, 5.41) is 24.1. The van der Waals surface area contributed by atoms with Gasteiger partial charge in [0, 0.05) is 10.5 Å². The molecule has 7 nitrogen and oxygen atoms in total. The van der Waals surface area contributed by atoms with Gasteiger partial charge in [-0.05, 0) is 23.8 Å². The van der Waals surface area contributed by atoms with Crippen LogP contribution in [0, 0.1) is 10.1 Å². The van der Waals surface area contributed by atoms with Crippen molar-refractivity contribution in [3.63, 3.8) is 0 Å². The number of hydrogen-bond donors (Lipinski definition) is 2. The van der Waals surface area contributed by atoms with Crippen LogP contribution in [0.2, 0.25) is 0 Å². The summed E-state index contributed by atoms with van der Waals surface area (Å²) in [6.07, 6.45) is -0.0629. The number of thiophene rings is 1. The average Bonchev–Trinajstić information content (AvgIpc) is 2.96. The van der Waals surface area contributed by atoms with Crippen molar-refractivity contribution in [1.29, 1.82) is 0 Å². The Morgan fingerprint density at radius 2 is 2.05 bits per heavy atom.